The first-order chi connectivity index (χ1) is 7.56. The molecular weight excluding hydrogens is 206 g/mol. The Morgan fingerprint density at radius 1 is 1.50 bits per heavy atom. The molecule has 0 spiro atoms. The summed E-state index contributed by atoms with van der Waals surface area (Å²) in [6.45, 7) is 3.84. The number of hydrogen-bond acceptors (Lipinski definition) is 3. The number of fused-ring (bicyclic) bond motifs is 1. The zero-order chi connectivity index (χ0) is 11.7. The molecule has 1 aromatic carbocycles. The number of nitrogens with zero attached hydrogens (tertiary/aromatic N) is 1. The van der Waals surface area contributed by atoms with Crippen molar-refractivity contribution in [2.45, 2.75) is 20.0 Å². The molecule has 16 heavy (non-hydrogen) atoms. The van der Waals surface area contributed by atoms with Crippen molar-refractivity contribution >= 4 is 16.9 Å². The Hall–Kier alpha value is -2.04. The molecule has 1 amide bonds. The van der Waals surface area contributed by atoms with Crippen LogP contribution in [0.2, 0.25) is 0 Å². The monoisotopic (exact) mass is 219 g/mol. The number of rotatable bonds is 3. The van der Waals surface area contributed by atoms with E-state index < -0.39 is 5.91 Å². The first kappa shape index (κ1) is 10.5. The maximum atomic E-state index is 11.0. The number of H-pyrrole nitrogens is 1. The smallest absolute Gasteiger partial charge is 0.294 e. The van der Waals surface area contributed by atoms with Gasteiger partial charge in [-0.25, -0.2) is 0 Å². The van der Waals surface area contributed by atoms with E-state index in [1.54, 1.807) is 18.2 Å². The average Bonchev–Trinajstić information content (AvgIpc) is 2.56. The number of benzene rings is 1. The summed E-state index contributed by atoms with van der Waals surface area (Å²) < 4.78 is 5.42. The number of nitrogens with two attached hydrogens (primary N) is 1. The van der Waals surface area contributed by atoms with Gasteiger partial charge in [0.05, 0.1) is 17.1 Å². The van der Waals surface area contributed by atoms with Gasteiger partial charge in [-0.1, -0.05) is 0 Å². The van der Waals surface area contributed by atoms with E-state index in [1.165, 1.54) is 0 Å². The maximum absolute atomic E-state index is 11.0. The summed E-state index contributed by atoms with van der Waals surface area (Å²) in [5.74, 6) is -0.456. The number of carbonyl (C=O) groups is 1. The Bertz CT molecular complexity index is 531. The molecule has 0 aliphatic carbocycles. The molecule has 0 unspecified atom stereocenters. The van der Waals surface area contributed by atoms with Gasteiger partial charge in [-0.2, -0.15) is 4.98 Å². The fraction of sp³-hybridized carbons (Fsp3) is 0.273. The second kappa shape index (κ2) is 3.84. The summed E-state index contributed by atoms with van der Waals surface area (Å²) in [6.07, 6.45) is 0.0520. The van der Waals surface area contributed by atoms with Crippen LogP contribution in [-0.2, 0) is 0 Å². The second-order valence-electron chi connectivity index (χ2n) is 3.80. The SMILES string of the molecule is CC(C)Oc1nc2ccc(C(N)=O)cc2[nH]1. The third kappa shape index (κ3) is 1.98. The number of ether oxygens (including phenoxy) is 1. The molecule has 84 valence electrons. The van der Waals surface area contributed by atoms with E-state index in [1.807, 2.05) is 13.8 Å². The normalized spacial score (nSPS) is 10.9. The van der Waals surface area contributed by atoms with Gasteiger partial charge < -0.3 is 15.5 Å². The largest absolute Gasteiger partial charge is 0.462 e. The van der Waals surface area contributed by atoms with Gasteiger partial charge in [0.15, 0.2) is 0 Å². The zero-order valence-electron chi connectivity index (χ0n) is 9.15. The Kier molecular flexibility index (Phi) is 2.52. The summed E-state index contributed by atoms with van der Waals surface area (Å²) >= 11 is 0. The minimum atomic E-state index is -0.456. The highest BCUT2D eigenvalue weighted by atomic mass is 16.5. The lowest BCUT2D eigenvalue weighted by Gasteiger charge is -2.03. The Balaban J connectivity index is 2.42. The number of hydrogen-bond donors (Lipinski definition) is 2. The second-order valence-corrected chi connectivity index (χ2v) is 3.80. The highest BCUT2D eigenvalue weighted by molar-refractivity contribution is 5.96. The van der Waals surface area contributed by atoms with Crippen LogP contribution in [0.3, 0.4) is 0 Å². The molecule has 0 fully saturated rings. The van der Waals surface area contributed by atoms with Crippen molar-refractivity contribution in [2.75, 3.05) is 0 Å². The third-order valence-corrected chi connectivity index (χ3v) is 2.09. The molecular formula is C11H13N3O2. The van der Waals surface area contributed by atoms with Gasteiger partial charge in [0.25, 0.3) is 6.01 Å². The highest BCUT2D eigenvalue weighted by Crippen LogP contribution is 2.17. The number of aromatic amines is 1. The van der Waals surface area contributed by atoms with Crippen LogP contribution in [-0.4, -0.2) is 22.0 Å². The lowest BCUT2D eigenvalue weighted by atomic mass is 10.2. The molecule has 0 aliphatic rings. The topological polar surface area (TPSA) is 81.0 Å². The molecule has 5 nitrogen and oxygen atoms in total. The van der Waals surface area contributed by atoms with Crippen molar-refractivity contribution in [2.24, 2.45) is 5.73 Å². The molecule has 2 aromatic rings. The Labute approximate surface area is 92.6 Å². The lowest BCUT2D eigenvalue weighted by molar-refractivity contribution is 0.100. The quantitative estimate of drug-likeness (QED) is 0.819. The van der Waals surface area contributed by atoms with Crippen LogP contribution in [0, 0.1) is 0 Å². The van der Waals surface area contributed by atoms with Crippen molar-refractivity contribution in [1.82, 2.24) is 9.97 Å². The van der Waals surface area contributed by atoms with E-state index in [0.717, 1.165) is 11.0 Å². The average molecular weight is 219 g/mol. The summed E-state index contributed by atoms with van der Waals surface area (Å²) in [4.78, 5) is 18.2. The van der Waals surface area contributed by atoms with Gasteiger partial charge in [-0.15, -0.1) is 0 Å². The molecule has 1 heterocycles. The molecule has 0 radical (unpaired) electrons. The van der Waals surface area contributed by atoms with Crippen LogP contribution in [0.4, 0.5) is 0 Å². The summed E-state index contributed by atoms with van der Waals surface area (Å²) in [5.41, 5.74) is 7.13. The first-order valence-corrected chi connectivity index (χ1v) is 5.02. The van der Waals surface area contributed by atoms with E-state index in [2.05, 4.69) is 9.97 Å². The highest BCUT2D eigenvalue weighted by Gasteiger charge is 2.07. The predicted molar refractivity (Wildman–Crippen MR) is 60.4 cm³/mol. The van der Waals surface area contributed by atoms with Gasteiger partial charge in [-0.3, -0.25) is 4.79 Å². The molecule has 1 aromatic heterocycles. The number of primary amides is 1. The van der Waals surface area contributed by atoms with E-state index >= 15 is 0 Å². The van der Waals surface area contributed by atoms with Gasteiger partial charge in [0, 0.05) is 5.56 Å². The lowest BCUT2D eigenvalue weighted by Crippen LogP contribution is -2.10. The van der Waals surface area contributed by atoms with E-state index in [9.17, 15) is 4.79 Å². The number of aromatic nitrogens is 2. The number of amides is 1. The van der Waals surface area contributed by atoms with E-state index in [-0.39, 0.29) is 6.10 Å². The number of imidazole rings is 1. The fourth-order valence-electron chi connectivity index (χ4n) is 1.42. The van der Waals surface area contributed by atoms with E-state index in [4.69, 9.17) is 10.5 Å². The van der Waals surface area contributed by atoms with Crippen LogP contribution >= 0.6 is 0 Å². The minimum absolute atomic E-state index is 0.0520. The van der Waals surface area contributed by atoms with Gasteiger partial charge in [-0.05, 0) is 32.0 Å². The van der Waals surface area contributed by atoms with Crippen LogP contribution in [0.5, 0.6) is 6.01 Å². The van der Waals surface area contributed by atoms with Crippen molar-refractivity contribution in [3.05, 3.63) is 23.8 Å². The summed E-state index contributed by atoms with van der Waals surface area (Å²) in [5, 5.41) is 0. The van der Waals surface area contributed by atoms with Crippen molar-refractivity contribution in [1.29, 1.82) is 0 Å². The Morgan fingerprint density at radius 3 is 2.88 bits per heavy atom. The standard InChI is InChI=1S/C11H13N3O2/c1-6(2)16-11-13-8-4-3-7(10(12)15)5-9(8)14-11/h3-6H,1-2H3,(H2,12,15)(H,13,14). The fourth-order valence-corrected chi connectivity index (χ4v) is 1.42. The van der Waals surface area contributed by atoms with E-state index in [0.29, 0.717) is 11.6 Å². The third-order valence-electron chi connectivity index (χ3n) is 2.09. The predicted octanol–water partition coefficient (Wildman–Crippen LogP) is 1.45. The van der Waals surface area contributed by atoms with Gasteiger partial charge in [0.1, 0.15) is 0 Å². The van der Waals surface area contributed by atoms with Crippen LogP contribution < -0.4 is 10.5 Å². The molecule has 5 heteroatoms. The molecule has 0 saturated heterocycles. The summed E-state index contributed by atoms with van der Waals surface area (Å²) in [7, 11) is 0. The molecule has 0 bridgehead atoms. The van der Waals surface area contributed by atoms with Crippen LogP contribution in [0.1, 0.15) is 24.2 Å². The zero-order valence-corrected chi connectivity index (χ0v) is 9.15. The molecule has 0 aliphatic heterocycles. The first-order valence-electron chi connectivity index (χ1n) is 5.02. The minimum Gasteiger partial charge on any atom is -0.462 e. The van der Waals surface area contributed by atoms with Crippen LogP contribution in [0.25, 0.3) is 11.0 Å². The van der Waals surface area contributed by atoms with Crippen molar-refractivity contribution in [3.8, 4) is 6.01 Å². The number of nitrogens with one attached hydrogen (secondary N) is 1. The van der Waals surface area contributed by atoms with Crippen molar-refractivity contribution in [3.63, 3.8) is 0 Å². The number of carbonyl (C=O) groups excluding carboxylic acids is 1. The summed E-state index contributed by atoms with van der Waals surface area (Å²) in [6, 6.07) is 5.49. The maximum Gasteiger partial charge on any atom is 0.294 e. The van der Waals surface area contributed by atoms with Crippen LogP contribution in [0.15, 0.2) is 18.2 Å². The van der Waals surface area contributed by atoms with Crippen molar-refractivity contribution < 1.29 is 9.53 Å². The molecule has 2 rings (SSSR count). The molecule has 0 atom stereocenters. The molecule has 0 saturated carbocycles. The Morgan fingerprint density at radius 2 is 2.25 bits per heavy atom. The van der Waals surface area contributed by atoms with Gasteiger partial charge in [0.2, 0.25) is 5.91 Å². The molecule has 3 N–H and O–H groups in total. The van der Waals surface area contributed by atoms with Gasteiger partial charge >= 0.3 is 0 Å².